The molecule has 0 spiro atoms. The lowest BCUT2D eigenvalue weighted by Crippen LogP contribution is -2.48. The minimum atomic E-state index is 0.0412. The fourth-order valence-corrected chi connectivity index (χ4v) is 2.22. The van der Waals surface area contributed by atoms with E-state index in [-0.39, 0.29) is 5.91 Å². The third-order valence-electron chi connectivity index (χ3n) is 3.52. The van der Waals surface area contributed by atoms with Crippen LogP contribution in [-0.2, 0) is 0 Å². The average Bonchev–Trinajstić information content (AvgIpc) is 2.46. The second kappa shape index (κ2) is 6.02. The van der Waals surface area contributed by atoms with E-state index in [2.05, 4.69) is 16.8 Å². The first-order chi connectivity index (χ1) is 9.11. The molecule has 1 saturated heterocycles. The fourth-order valence-electron chi connectivity index (χ4n) is 2.22. The molecule has 1 amide bonds. The smallest absolute Gasteiger partial charge is 0.272 e. The maximum atomic E-state index is 12.4. The predicted octanol–water partition coefficient (Wildman–Crippen LogP) is 0.925. The van der Waals surface area contributed by atoms with Crippen molar-refractivity contribution < 1.29 is 4.79 Å². The number of nitrogens with zero attached hydrogens (tertiary/aromatic N) is 4. The summed E-state index contributed by atoms with van der Waals surface area (Å²) in [4.78, 5) is 23.0. The Morgan fingerprint density at radius 1 is 1.26 bits per heavy atom. The SMILES string of the molecule is CCN1CCN(C(=O)c2cccc(N(C)C)n2)CC1. The van der Waals surface area contributed by atoms with Crippen LogP contribution in [0, 0.1) is 0 Å². The normalized spacial score (nSPS) is 16.5. The Hall–Kier alpha value is -1.62. The molecule has 0 aromatic carbocycles. The summed E-state index contributed by atoms with van der Waals surface area (Å²) < 4.78 is 0. The average molecular weight is 262 g/mol. The number of carbonyl (C=O) groups is 1. The highest BCUT2D eigenvalue weighted by Crippen LogP contribution is 2.11. The first-order valence-electron chi connectivity index (χ1n) is 6.78. The van der Waals surface area contributed by atoms with Crippen molar-refractivity contribution in [3.63, 3.8) is 0 Å². The summed E-state index contributed by atoms with van der Waals surface area (Å²) in [5.74, 6) is 0.859. The topological polar surface area (TPSA) is 39.7 Å². The van der Waals surface area contributed by atoms with E-state index in [0.29, 0.717) is 5.69 Å². The Bertz CT molecular complexity index is 439. The molecule has 104 valence electrons. The molecule has 0 aliphatic carbocycles. The number of hydrogen-bond acceptors (Lipinski definition) is 4. The quantitative estimate of drug-likeness (QED) is 0.812. The van der Waals surface area contributed by atoms with Gasteiger partial charge in [0.15, 0.2) is 0 Å². The molecule has 0 saturated carbocycles. The molecule has 1 fully saturated rings. The zero-order valence-electron chi connectivity index (χ0n) is 12.0. The number of carbonyl (C=O) groups excluding carboxylic acids is 1. The Morgan fingerprint density at radius 2 is 1.95 bits per heavy atom. The molecule has 2 rings (SSSR count). The Kier molecular flexibility index (Phi) is 4.37. The zero-order chi connectivity index (χ0) is 13.8. The lowest BCUT2D eigenvalue weighted by atomic mass is 10.2. The lowest BCUT2D eigenvalue weighted by molar-refractivity contribution is 0.0637. The maximum Gasteiger partial charge on any atom is 0.272 e. The summed E-state index contributed by atoms with van der Waals surface area (Å²) in [6.07, 6.45) is 0. The van der Waals surface area contributed by atoms with Gasteiger partial charge in [-0.2, -0.15) is 0 Å². The summed E-state index contributed by atoms with van der Waals surface area (Å²) in [6, 6.07) is 5.59. The molecule has 0 radical (unpaired) electrons. The van der Waals surface area contributed by atoms with E-state index in [1.54, 1.807) is 6.07 Å². The first kappa shape index (κ1) is 13.8. The van der Waals surface area contributed by atoms with Crippen molar-refractivity contribution in [2.24, 2.45) is 0 Å². The van der Waals surface area contributed by atoms with Gasteiger partial charge in [-0.25, -0.2) is 4.98 Å². The second-order valence-electron chi connectivity index (χ2n) is 5.00. The molecule has 1 aromatic heterocycles. The van der Waals surface area contributed by atoms with E-state index in [1.807, 2.05) is 36.0 Å². The number of piperazine rings is 1. The van der Waals surface area contributed by atoms with E-state index in [4.69, 9.17) is 0 Å². The summed E-state index contributed by atoms with van der Waals surface area (Å²) in [7, 11) is 3.85. The van der Waals surface area contributed by atoms with Gasteiger partial charge >= 0.3 is 0 Å². The monoisotopic (exact) mass is 262 g/mol. The third-order valence-corrected chi connectivity index (χ3v) is 3.52. The van der Waals surface area contributed by atoms with Gasteiger partial charge in [0.1, 0.15) is 11.5 Å². The van der Waals surface area contributed by atoms with Crippen LogP contribution < -0.4 is 4.90 Å². The second-order valence-corrected chi connectivity index (χ2v) is 5.00. The van der Waals surface area contributed by atoms with Gasteiger partial charge < -0.3 is 14.7 Å². The summed E-state index contributed by atoms with van der Waals surface area (Å²) in [5.41, 5.74) is 0.538. The minimum Gasteiger partial charge on any atom is -0.363 e. The number of aromatic nitrogens is 1. The number of hydrogen-bond donors (Lipinski definition) is 0. The van der Waals surface area contributed by atoms with Crippen LogP contribution in [0.5, 0.6) is 0 Å². The van der Waals surface area contributed by atoms with Crippen LogP contribution in [0.2, 0.25) is 0 Å². The van der Waals surface area contributed by atoms with Gasteiger partial charge in [0, 0.05) is 40.3 Å². The van der Waals surface area contributed by atoms with Crippen molar-refractivity contribution in [3.05, 3.63) is 23.9 Å². The van der Waals surface area contributed by atoms with E-state index in [1.165, 1.54) is 0 Å². The Labute approximate surface area is 114 Å². The van der Waals surface area contributed by atoms with Gasteiger partial charge in [-0.3, -0.25) is 4.79 Å². The first-order valence-corrected chi connectivity index (χ1v) is 6.78. The van der Waals surface area contributed by atoms with Gasteiger partial charge in [-0.05, 0) is 18.7 Å². The zero-order valence-corrected chi connectivity index (χ0v) is 12.0. The molecule has 1 aliphatic rings. The highest BCUT2D eigenvalue weighted by Gasteiger charge is 2.22. The predicted molar refractivity (Wildman–Crippen MR) is 76.6 cm³/mol. The van der Waals surface area contributed by atoms with E-state index < -0.39 is 0 Å². The highest BCUT2D eigenvalue weighted by atomic mass is 16.2. The van der Waals surface area contributed by atoms with Crippen LogP contribution in [0.1, 0.15) is 17.4 Å². The van der Waals surface area contributed by atoms with Gasteiger partial charge in [0.05, 0.1) is 0 Å². The molecule has 5 nitrogen and oxygen atoms in total. The van der Waals surface area contributed by atoms with Crippen molar-refractivity contribution >= 4 is 11.7 Å². The number of likely N-dealkylation sites (N-methyl/N-ethyl adjacent to an activating group) is 1. The largest absolute Gasteiger partial charge is 0.363 e. The Morgan fingerprint density at radius 3 is 2.53 bits per heavy atom. The summed E-state index contributed by atoms with van der Waals surface area (Å²) in [5, 5.41) is 0. The number of pyridine rings is 1. The molecule has 1 aliphatic heterocycles. The lowest BCUT2D eigenvalue weighted by Gasteiger charge is -2.33. The van der Waals surface area contributed by atoms with Gasteiger partial charge in [-0.15, -0.1) is 0 Å². The van der Waals surface area contributed by atoms with Crippen molar-refractivity contribution in [2.45, 2.75) is 6.92 Å². The molecule has 0 N–H and O–H groups in total. The standard InChI is InChI=1S/C14H22N4O/c1-4-17-8-10-18(11-9-17)14(19)12-6-5-7-13(15-12)16(2)3/h5-7H,4,8-11H2,1-3H3. The molecule has 2 heterocycles. The summed E-state index contributed by atoms with van der Waals surface area (Å²) in [6.45, 7) is 6.70. The van der Waals surface area contributed by atoms with Crippen LogP contribution in [0.3, 0.4) is 0 Å². The molecular weight excluding hydrogens is 240 g/mol. The summed E-state index contributed by atoms with van der Waals surface area (Å²) >= 11 is 0. The molecule has 1 aromatic rings. The van der Waals surface area contributed by atoms with Crippen LogP contribution in [-0.4, -0.2) is 67.5 Å². The van der Waals surface area contributed by atoms with Gasteiger partial charge in [0.2, 0.25) is 0 Å². The number of amides is 1. The van der Waals surface area contributed by atoms with Crippen molar-refractivity contribution in [1.82, 2.24) is 14.8 Å². The van der Waals surface area contributed by atoms with Crippen LogP contribution in [0.15, 0.2) is 18.2 Å². The highest BCUT2D eigenvalue weighted by molar-refractivity contribution is 5.92. The van der Waals surface area contributed by atoms with Gasteiger partial charge in [0.25, 0.3) is 5.91 Å². The van der Waals surface area contributed by atoms with Gasteiger partial charge in [-0.1, -0.05) is 13.0 Å². The van der Waals surface area contributed by atoms with E-state index in [0.717, 1.165) is 38.5 Å². The Balaban J connectivity index is 2.06. The maximum absolute atomic E-state index is 12.4. The molecule has 0 unspecified atom stereocenters. The number of rotatable bonds is 3. The van der Waals surface area contributed by atoms with Crippen LogP contribution in [0.4, 0.5) is 5.82 Å². The minimum absolute atomic E-state index is 0.0412. The van der Waals surface area contributed by atoms with Crippen LogP contribution in [0.25, 0.3) is 0 Å². The molecule has 0 atom stereocenters. The van der Waals surface area contributed by atoms with E-state index >= 15 is 0 Å². The van der Waals surface area contributed by atoms with E-state index in [9.17, 15) is 4.79 Å². The number of anilines is 1. The van der Waals surface area contributed by atoms with Crippen molar-refractivity contribution in [1.29, 1.82) is 0 Å². The third kappa shape index (κ3) is 3.23. The molecule has 0 bridgehead atoms. The fraction of sp³-hybridized carbons (Fsp3) is 0.571. The van der Waals surface area contributed by atoms with Crippen molar-refractivity contribution in [3.8, 4) is 0 Å². The molecule has 5 heteroatoms. The van der Waals surface area contributed by atoms with Crippen LogP contribution >= 0.6 is 0 Å². The molecular formula is C14H22N4O. The molecule has 19 heavy (non-hydrogen) atoms. The van der Waals surface area contributed by atoms with Crippen molar-refractivity contribution in [2.75, 3.05) is 51.7 Å².